The first kappa shape index (κ1) is 20.4. The van der Waals surface area contributed by atoms with E-state index in [0.717, 1.165) is 46.7 Å². The highest BCUT2D eigenvalue weighted by Gasteiger charge is 2.21. The molecular weight excluding hydrogens is 368 g/mol. The van der Waals surface area contributed by atoms with Crippen LogP contribution in [0.4, 0.5) is 0 Å². The topological polar surface area (TPSA) is 35.1 Å². The molecule has 4 aromatic rings. The molecule has 4 heteroatoms. The standard InChI is InChI=1S/C26H32N4/c1-9-20(10-2)29-12-11-21-18(7)27-25-24(19(8)28-30(25)26(21)29)23-14-16(5)22(15(3)4)13-17(23)6/h11-14,20H,3,9-10H2,1-2,4-8H3. The van der Waals surface area contributed by atoms with Gasteiger partial charge >= 0.3 is 0 Å². The van der Waals surface area contributed by atoms with Crippen LogP contribution in [0.25, 0.3) is 33.4 Å². The molecule has 0 aliphatic heterocycles. The first-order chi connectivity index (χ1) is 14.3. The van der Waals surface area contributed by atoms with Crippen LogP contribution in [0.3, 0.4) is 0 Å². The fraction of sp³-hybridized carbons (Fsp3) is 0.385. The Hall–Kier alpha value is -2.88. The Morgan fingerprint density at radius 2 is 1.73 bits per heavy atom. The molecule has 0 saturated carbocycles. The van der Waals surface area contributed by atoms with Crippen LogP contribution in [-0.4, -0.2) is 19.2 Å². The minimum Gasteiger partial charge on any atom is -0.329 e. The predicted octanol–water partition coefficient (Wildman–Crippen LogP) is 6.98. The lowest BCUT2D eigenvalue weighted by Gasteiger charge is -2.17. The lowest BCUT2D eigenvalue weighted by molar-refractivity contribution is 0.480. The van der Waals surface area contributed by atoms with E-state index < -0.39 is 0 Å². The zero-order valence-corrected chi connectivity index (χ0v) is 19.3. The minimum absolute atomic E-state index is 0.458. The van der Waals surface area contributed by atoms with Gasteiger partial charge < -0.3 is 4.57 Å². The molecule has 0 unspecified atom stereocenters. The van der Waals surface area contributed by atoms with E-state index in [2.05, 4.69) is 88.5 Å². The average Bonchev–Trinajstić information content (AvgIpc) is 3.26. The first-order valence-electron chi connectivity index (χ1n) is 10.9. The highest BCUT2D eigenvalue weighted by Crippen LogP contribution is 2.35. The zero-order valence-electron chi connectivity index (χ0n) is 19.3. The van der Waals surface area contributed by atoms with Crippen molar-refractivity contribution in [1.82, 2.24) is 19.2 Å². The van der Waals surface area contributed by atoms with Crippen molar-refractivity contribution < 1.29 is 0 Å². The van der Waals surface area contributed by atoms with Gasteiger partial charge in [0.1, 0.15) is 5.65 Å². The molecule has 0 radical (unpaired) electrons. The molecular formula is C26H32N4. The quantitative estimate of drug-likeness (QED) is 0.362. The van der Waals surface area contributed by atoms with Crippen molar-refractivity contribution in [3.8, 4) is 11.1 Å². The minimum atomic E-state index is 0.458. The Balaban J connectivity index is 2.07. The van der Waals surface area contributed by atoms with Crippen molar-refractivity contribution >= 4 is 22.3 Å². The number of aromatic nitrogens is 4. The van der Waals surface area contributed by atoms with Gasteiger partial charge in [-0.3, -0.25) is 0 Å². The fourth-order valence-corrected chi connectivity index (χ4v) is 4.77. The van der Waals surface area contributed by atoms with Crippen molar-refractivity contribution in [2.45, 2.75) is 67.3 Å². The number of hydrogen-bond acceptors (Lipinski definition) is 2. The third kappa shape index (κ3) is 2.97. The van der Waals surface area contributed by atoms with Crippen molar-refractivity contribution in [3.05, 3.63) is 59.1 Å². The summed E-state index contributed by atoms with van der Waals surface area (Å²) >= 11 is 0. The van der Waals surface area contributed by atoms with Gasteiger partial charge in [0, 0.05) is 23.2 Å². The highest BCUT2D eigenvalue weighted by atomic mass is 15.3. The van der Waals surface area contributed by atoms with E-state index in [1.807, 2.05) is 0 Å². The maximum Gasteiger partial charge on any atom is 0.165 e. The molecule has 3 heterocycles. The molecule has 4 nitrogen and oxygen atoms in total. The van der Waals surface area contributed by atoms with Gasteiger partial charge in [0.05, 0.1) is 11.4 Å². The molecule has 0 atom stereocenters. The molecule has 0 N–H and O–H groups in total. The number of benzene rings is 1. The van der Waals surface area contributed by atoms with Gasteiger partial charge in [-0.2, -0.15) is 9.61 Å². The molecule has 0 bridgehead atoms. The van der Waals surface area contributed by atoms with Crippen LogP contribution in [-0.2, 0) is 0 Å². The summed E-state index contributed by atoms with van der Waals surface area (Å²) in [6, 6.07) is 7.15. The average molecular weight is 401 g/mol. The Kier molecular flexibility index (Phi) is 5.05. The van der Waals surface area contributed by atoms with Crippen LogP contribution in [0.15, 0.2) is 31.0 Å². The molecule has 0 saturated heterocycles. The van der Waals surface area contributed by atoms with Gasteiger partial charge in [-0.1, -0.05) is 38.1 Å². The number of rotatable bonds is 5. The zero-order chi connectivity index (χ0) is 21.7. The molecule has 0 amide bonds. The van der Waals surface area contributed by atoms with E-state index in [0.29, 0.717) is 6.04 Å². The van der Waals surface area contributed by atoms with E-state index in [1.165, 1.54) is 27.6 Å². The summed E-state index contributed by atoms with van der Waals surface area (Å²) in [5.74, 6) is 0. The van der Waals surface area contributed by atoms with Gasteiger partial charge in [-0.05, 0) is 75.8 Å². The first-order valence-corrected chi connectivity index (χ1v) is 10.9. The molecule has 0 fully saturated rings. The molecule has 30 heavy (non-hydrogen) atoms. The molecule has 0 spiro atoms. The molecule has 156 valence electrons. The van der Waals surface area contributed by atoms with E-state index in [1.54, 1.807) is 0 Å². The van der Waals surface area contributed by atoms with E-state index in [4.69, 9.17) is 10.1 Å². The third-order valence-electron chi connectivity index (χ3n) is 6.42. The number of nitrogens with zero attached hydrogens (tertiary/aromatic N) is 4. The summed E-state index contributed by atoms with van der Waals surface area (Å²) in [7, 11) is 0. The highest BCUT2D eigenvalue weighted by molar-refractivity contribution is 5.89. The van der Waals surface area contributed by atoms with Crippen LogP contribution >= 0.6 is 0 Å². The number of aryl methyl sites for hydroxylation is 4. The monoisotopic (exact) mass is 400 g/mol. The predicted molar refractivity (Wildman–Crippen MR) is 127 cm³/mol. The van der Waals surface area contributed by atoms with Gasteiger partial charge in [0.2, 0.25) is 0 Å². The smallest absolute Gasteiger partial charge is 0.165 e. The van der Waals surface area contributed by atoms with Gasteiger partial charge in [0.25, 0.3) is 0 Å². The van der Waals surface area contributed by atoms with Crippen molar-refractivity contribution in [2.24, 2.45) is 0 Å². The van der Waals surface area contributed by atoms with Crippen LogP contribution in [0.2, 0.25) is 0 Å². The Bertz CT molecular complexity index is 1280. The Morgan fingerprint density at radius 1 is 1.03 bits per heavy atom. The lowest BCUT2D eigenvalue weighted by atomic mass is 9.93. The van der Waals surface area contributed by atoms with E-state index in [-0.39, 0.29) is 0 Å². The number of fused-ring (bicyclic) bond motifs is 3. The summed E-state index contributed by atoms with van der Waals surface area (Å²) in [5.41, 5.74) is 11.3. The maximum atomic E-state index is 5.02. The van der Waals surface area contributed by atoms with Crippen molar-refractivity contribution in [3.63, 3.8) is 0 Å². The summed E-state index contributed by atoms with van der Waals surface area (Å²) < 4.78 is 4.45. The van der Waals surface area contributed by atoms with Gasteiger partial charge in [-0.15, -0.1) is 0 Å². The van der Waals surface area contributed by atoms with E-state index in [9.17, 15) is 0 Å². The molecule has 0 aliphatic carbocycles. The second-order valence-electron chi connectivity index (χ2n) is 8.59. The molecule has 1 aromatic carbocycles. The Morgan fingerprint density at radius 3 is 2.37 bits per heavy atom. The Labute approximate surface area is 179 Å². The van der Waals surface area contributed by atoms with Crippen LogP contribution in [0.5, 0.6) is 0 Å². The van der Waals surface area contributed by atoms with Gasteiger partial charge in [-0.25, -0.2) is 4.98 Å². The molecule has 0 aliphatic rings. The summed E-state index contributed by atoms with van der Waals surface area (Å²) in [6.45, 7) is 19.2. The van der Waals surface area contributed by atoms with Crippen molar-refractivity contribution in [2.75, 3.05) is 0 Å². The van der Waals surface area contributed by atoms with Crippen molar-refractivity contribution in [1.29, 1.82) is 0 Å². The second kappa shape index (κ2) is 7.42. The summed E-state index contributed by atoms with van der Waals surface area (Å²) in [4.78, 5) is 5.02. The SMILES string of the molecule is C=C(C)c1cc(C)c(-c2c(C)nn3c2nc(C)c2ccn(C(CC)CC)c23)cc1C. The lowest BCUT2D eigenvalue weighted by Crippen LogP contribution is -2.09. The van der Waals surface area contributed by atoms with E-state index >= 15 is 0 Å². The molecule has 3 aromatic heterocycles. The summed E-state index contributed by atoms with van der Waals surface area (Å²) in [5, 5.41) is 6.16. The number of allylic oxidation sites excluding steroid dienone is 1. The molecule has 4 rings (SSSR count). The second-order valence-corrected chi connectivity index (χ2v) is 8.59. The maximum absolute atomic E-state index is 5.02. The van der Waals surface area contributed by atoms with Crippen LogP contribution in [0.1, 0.15) is 67.7 Å². The van der Waals surface area contributed by atoms with Gasteiger partial charge in [0.15, 0.2) is 5.65 Å². The van der Waals surface area contributed by atoms with Crippen LogP contribution < -0.4 is 0 Å². The largest absolute Gasteiger partial charge is 0.329 e. The fourth-order valence-electron chi connectivity index (χ4n) is 4.77. The van der Waals surface area contributed by atoms with Crippen LogP contribution in [0, 0.1) is 27.7 Å². The third-order valence-corrected chi connectivity index (χ3v) is 6.42. The summed E-state index contributed by atoms with van der Waals surface area (Å²) in [6.07, 6.45) is 4.39. The normalized spacial score (nSPS) is 11.9. The number of hydrogen-bond donors (Lipinski definition) is 0.